The molecule has 2 aromatic carbocycles. The zero-order valence-corrected chi connectivity index (χ0v) is 21.3. The van der Waals surface area contributed by atoms with Gasteiger partial charge in [-0.2, -0.15) is 5.10 Å². The molecule has 1 fully saturated rings. The first-order valence-corrected chi connectivity index (χ1v) is 12.4. The van der Waals surface area contributed by atoms with Crippen LogP contribution in [-0.4, -0.2) is 51.6 Å². The van der Waals surface area contributed by atoms with Crippen LogP contribution in [0.2, 0.25) is 0 Å². The van der Waals surface area contributed by atoms with Gasteiger partial charge < -0.3 is 21.3 Å². The van der Waals surface area contributed by atoms with Crippen molar-refractivity contribution >= 4 is 39.9 Å². The van der Waals surface area contributed by atoms with Gasteiger partial charge in [0.2, 0.25) is 5.91 Å². The quantitative estimate of drug-likeness (QED) is 0.383. The molecule has 1 aliphatic rings. The number of carbonyl (C=O) groups excluding carboxylic acids is 2. The van der Waals surface area contributed by atoms with Gasteiger partial charge in [-0.3, -0.25) is 14.3 Å². The maximum Gasteiger partial charge on any atom is 0.255 e. The Kier molecular flexibility index (Phi) is 6.62. The number of nitrogens with two attached hydrogens (primary N) is 1. The van der Waals surface area contributed by atoms with Crippen LogP contribution in [0.4, 0.5) is 17.2 Å². The lowest BCUT2D eigenvalue weighted by Crippen LogP contribution is -2.36. The highest BCUT2D eigenvalue weighted by atomic mass is 16.2. The fourth-order valence-corrected chi connectivity index (χ4v) is 4.71. The second kappa shape index (κ2) is 10.0. The van der Waals surface area contributed by atoms with Gasteiger partial charge in [0, 0.05) is 47.1 Å². The van der Waals surface area contributed by atoms with E-state index in [1.807, 2.05) is 50.4 Å². The summed E-state index contributed by atoms with van der Waals surface area (Å²) in [6.07, 6.45) is 3.38. The number of hydrogen-bond acceptors (Lipinski definition) is 6. The van der Waals surface area contributed by atoms with E-state index >= 15 is 0 Å². The van der Waals surface area contributed by atoms with Crippen molar-refractivity contribution in [2.24, 2.45) is 13.0 Å². The number of aromatic nitrogens is 3. The van der Waals surface area contributed by atoms with E-state index in [-0.39, 0.29) is 17.7 Å². The largest absolute Gasteiger partial charge is 0.384 e. The number of piperidine rings is 1. The monoisotopic (exact) mass is 497 g/mol. The molecule has 5 rings (SSSR count). The molecule has 37 heavy (non-hydrogen) atoms. The third-order valence-electron chi connectivity index (χ3n) is 7.01. The molecule has 0 radical (unpaired) electrons. The number of hydrogen-bond donors (Lipinski definition) is 3. The van der Waals surface area contributed by atoms with Crippen LogP contribution in [0.25, 0.3) is 22.2 Å². The summed E-state index contributed by atoms with van der Waals surface area (Å²) >= 11 is 0. The summed E-state index contributed by atoms with van der Waals surface area (Å²) in [5.41, 5.74) is 11.0. The summed E-state index contributed by atoms with van der Waals surface area (Å²) in [4.78, 5) is 32.4. The molecule has 4 aromatic rings. The van der Waals surface area contributed by atoms with Crippen LogP contribution in [0.5, 0.6) is 0 Å². The summed E-state index contributed by atoms with van der Waals surface area (Å²) in [6, 6.07) is 14.6. The maximum atomic E-state index is 13.2. The Hall–Kier alpha value is -4.24. The average Bonchev–Trinajstić information content (AvgIpc) is 3.22. The second-order valence-corrected chi connectivity index (χ2v) is 9.73. The van der Waals surface area contributed by atoms with Gasteiger partial charge >= 0.3 is 0 Å². The SMILES string of the molecule is Cc1ccc(NC(=O)c2ccc3c(c2)c(-c2ccc(N)nc2)nn3C)cc1NC(=O)C1CCN(C)CC1. The number of benzene rings is 2. The smallest absolute Gasteiger partial charge is 0.255 e. The van der Waals surface area contributed by atoms with Gasteiger partial charge in [0.25, 0.3) is 5.91 Å². The number of amides is 2. The fraction of sp³-hybridized carbons (Fsp3) is 0.286. The molecule has 0 atom stereocenters. The molecule has 1 saturated heterocycles. The minimum absolute atomic E-state index is 0.00510. The van der Waals surface area contributed by atoms with Crippen molar-refractivity contribution in [1.29, 1.82) is 0 Å². The molecule has 190 valence electrons. The third-order valence-corrected chi connectivity index (χ3v) is 7.01. The number of fused-ring (bicyclic) bond motifs is 1. The van der Waals surface area contributed by atoms with Crippen molar-refractivity contribution in [3.05, 3.63) is 65.9 Å². The van der Waals surface area contributed by atoms with E-state index < -0.39 is 0 Å². The van der Waals surface area contributed by atoms with Crippen LogP contribution >= 0.6 is 0 Å². The molecular formula is C28H31N7O2. The molecule has 2 amide bonds. The minimum Gasteiger partial charge on any atom is -0.384 e. The molecular weight excluding hydrogens is 466 g/mol. The van der Waals surface area contributed by atoms with E-state index in [1.165, 1.54) is 0 Å². The molecule has 9 nitrogen and oxygen atoms in total. The summed E-state index contributed by atoms with van der Waals surface area (Å²) in [5, 5.41) is 11.5. The number of nitrogen functional groups attached to an aromatic ring is 1. The summed E-state index contributed by atoms with van der Waals surface area (Å²) < 4.78 is 1.78. The zero-order chi connectivity index (χ0) is 26.1. The number of rotatable bonds is 5. The molecule has 2 aromatic heterocycles. The highest BCUT2D eigenvalue weighted by Gasteiger charge is 2.24. The summed E-state index contributed by atoms with van der Waals surface area (Å²) in [5.74, 6) is 0.226. The molecule has 4 N–H and O–H groups in total. The van der Waals surface area contributed by atoms with Crippen molar-refractivity contribution in [2.75, 3.05) is 36.5 Å². The van der Waals surface area contributed by atoms with Crippen molar-refractivity contribution < 1.29 is 9.59 Å². The number of likely N-dealkylation sites (tertiary alicyclic amines) is 1. The standard InChI is InChI=1S/C28H31N7O2/c1-17-4-7-21(15-23(17)32-27(36)18-10-12-34(2)13-11-18)31-28(37)19-5-8-24-22(14-19)26(33-35(24)3)20-6-9-25(29)30-16-20/h4-9,14-16,18H,10-13H2,1-3H3,(H2,29,30)(H,31,37)(H,32,36). The zero-order valence-electron chi connectivity index (χ0n) is 21.3. The topological polar surface area (TPSA) is 118 Å². The van der Waals surface area contributed by atoms with Crippen LogP contribution in [0, 0.1) is 12.8 Å². The first-order valence-electron chi connectivity index (χ1n) is 12.4. The third kappa shape index (κ3) is 5.17. The second-order valence-electron chi connectivity index (χ2n) is 9.73. The van der Waals surface area contributed by atoms with E-state index in [4.69, 9.17) is 5.73 Å². The van der Waals surface area contributed by atoms with E-state index in [0.717, 1.165) is 53.7 Å². The van der Waals surface area contributed by atoms with Gasteiger partial charge in [-0.25, -0.2) is 4.98 Å². The van der Waals surface area contributed by atoms with Crippen molar-refractivity contribution in [2.45, 2.75) is 19.8 Å². The molecule has 1 aliphatic heterocycles. The predicted molar refractivity (Wildman–Crippen MR) is 146 cm³/mol. The van der Waals surface area contributed by atoms with Crippen LogP contribution in [0.15, 0.2) is 54.7 Å². The maximum absolute atomic E-state index is 13.2. The molecule has 9 heteroatoms. The lowest BCUT2D eigenvalue weighted by Gasteiger charge is -2.28. The van der Waals surface area contributed by atoms with Crippen LogP contribution in [-0.2, 0) is 11.8 Å². The van der Waals surface area contributed by atoms with Crippen LogP contribution in [0.3, 0.4) is 0 Å². The van der Waals surface area contributed by atoms with Gasteiger partial charge in [-0.15, -0.1) is 0 Å². The van der Waals surface area contributed by atoms with Crippen LogP contribution < -0.4 is 16.4 Å². The Morgan fingerprint density at radius 2 is 1.78 bits per heavy atom. The molecule has 3 heterocycles. The van der Waals surface area contributed by atoms with Gasteiger partial charge in [-0.1, -0.05) is 6.07 Å². The average molecular weight is 498 g/mol. The van der Waals surface area contributed by atoms with Crippen LogP contribution in [0.1, 0.15) is 28.8 Å². The molecule has 0 unspecified atom stereocenters. The van der Waals surface area contributed by atoms with Gasteiger partial charge in [0.05, 0.1) is 5.52 Å². The lowest BCUT2D eigenvalue weighted by molar-refractivity contribution is -0.121. The Labute approximate surface area is 215 Å². The molecule has 0 bridgehead atoms. The number of nitrogens with one attached hydrogen (secondary N) is 2. The highest BCUT2D eigenvalue weighted by Crippen LogP contribution is 2.29. The van der Waals surface area contributed by atoms with E-state index in [0.29, 0.717) is 22.8 Å². The van der Waals surface area contributed by atoms with Gasteiger partial charge in [0.1, 0.15) is 11.5 Å². The lowest BCUT2D eigenvalue weighted by atomic mass is 9.96. The normalized spacial score (nSPS) is 14.6. The summed E-state index contributed by atoms with van der Waals surface area (Å²) in [7, 11) is 3.94. The van der Waals surface area contributed by atoms with Crippen molar-refractivity contribution in [3.63, 3.8) is 0 Å². The Morgan fingerprint density at radius 3 is 2.51 bits per heavy atom. The first kappa shape index (κ1) is 24.5. The first-order chi connectivity index (χ1) is 17.8. The number of carbonyl (C=O) groups is 2. The molecule has 0 spiro atoms. The van der Waals surface area contributed by atoms with Gasteiger partial charge in [0.15, 0.2) is 0 Å². The number of anilines is 3. The molecule has 0 aliphatic carbocycles. The fourth-order valence-electron chi connectivity index (χ4n) is 4.71. The van der Waals surface area contributed by atoms with Crippen molar-refractivity contribution in [3.8, 4) is 11.3 Å². The Balaban J connectivity index is 1.35. The van der Waals surface area contributed by atoms with E-state index in [9.17, 15) is 9.59 Å². The number of aryl methyl sites for hydroxylation is 2. The van der Waals surface area contributed by atoms with Gasteiger partial charge in [-0.05, 0) is 87.9 Å². The van der Waals surface area contributed by atoms with Crippen molar-refractivity contribution in [1.82, 2.24) is 19.7 Å². The Morgan fingerprint density at radius 1 is 1.00 bits per heavy atom. The predicted octanol–water partition coefficient (Wildman–Crippen LogP) is 4.06. The number of pyridine rings is 1. The highest BCUT2D eigenvalue weighted by molar-refractivity contribution is 6.08. The minimum atomic E-state index is -0.247. The van der Waals surface area contributed by atoms with E-state index in [2.05, 4.69) is 32.7 Å². The Bertz CT molecular complexity index is 1470. The number of nitrogens with zero attached hydrogens (tertiary/aromatic N) is 4. The summed E-state index contributed by atoms with van der Waals surface area (Å²) in [6.45, 7) is 3.79. The molecule has 0 saturated carbocycles. The van der Waals surface area contributed by atoms with E-state index in [1.54, 1.807) is 23.0 Å².